The van der Waals surface area contributed by atoms with Crippen LogP contribution in [-0.2, 0) is 11.2 Å². The molecular weight excluding hydrogens is 399 g/mol. The zero-order chi connectivity index (χ0) is 18.9. The molecule has 3 aliphatic carbocycles. The highest BCUT2D eigenvalue weighted by Gasteiger charge is 2.57. The van der Waals surface area contributed by atoms with E-state index in [2.05, 4.69) is 6.92 Å². The Bertz CT molecular complexity index is 990. The summed E-state index contributed by atoms with van der Waals surface area (Å²) in [5, 5.41) is 11.1. The van der Waals surface area contributed by atoms with Gasteiger partial charge in [0.1, 0.15) is 10.1 Å². The molecule has 5 heteroatoms. The van der Waals surface area contributed by atoms with Crippen molar-refractivity contribution in [1.82, 2.24) is 0 Å². The van der Waals surface area contributed by atoms with Gasteiger partial charge in [0, 0.05) is 17.4 Å². The van der Waals surface area contributed by atoms with Crippen LogP contribution in [0, 0.1) is 23.7 Å². The Morgan fingerprint density at radius 2 is 1.85 bits per heavy atom. The van der Waals surface area contributed by atoms with Gasteiger partial charge in [0.2, 0.25) is 0 Å². The van der Waals surface area contributed by atoms with E-state index in [1.807, 2.05) is 24.3 Å². The molecule has 140 valence electrons. The van der Waals surface area contributed by atoms with Crippen LogP contribution in [0.5, 0.6) is 0 Å². The number of aryl methyl sites for hydroxylation is 1. The molecule has 3 aliphatic rings. The Morgan fingerprint density at radius 3 is 2.48 bits per heavy atom. The van der Waals surface area contributed by atoms with Crippen LogP contribution in [0.15, 0.2) is 30.0 Å². The molecule has 1 aromatic heterocycles. The number of aliphatic hydroxyl groups is 1. The predicted octanol–water partition coefficient (Wildman–Crippen LogP) is 6.80. The number of halogens is 2. The molecule has 27 heavy (non-hydrogen) atoms. The lowest BCUT2D eigenvalue weighted by Gasteiger charge is -2.23. The SMILES string of the molecule is CCc1ccc(-c2cc(Cl)sc2Cl)cc1C1=C(O)[C@H]2[C@H]3CC[C@H](C3)[C@H]2C1=O. The third-order valence-electron chi connectivity index (χ3n) is 6.77. The summed E-state index contributed by atoms with van der Waals surface area (Å²) in [4.78, 5) is 13.3. The van der Waals surface area contributed by atoms with E-state index >= 15 is 0 Å². The molecule has 0 unspecified atom stereocenters. The molecule has 4 atom stereocenters. The van der Waals surface area contributed by atoms with Gasteiger partial charge in [0.25, 0.3) is 0 Å². The van der Waals surface area contributed by atoms with E-state index in [1.165, 1.54) is 11.3 Å². The molecule has 2 aromatic rings. The number of carbonyl (C=O) groups is 1. The molecule has 0 radical (unpaired) electrons. The summed E-state index contributed by atoms with van der Waals surface area (Å²) < 4.78 is 1.28. The normalized spacial score (nSPS) is 29.1. The van der Waals surface area contributed by atoms with Crippen LogP contribution in [0.25, 0.3) is 16.7 Å². The van der Waals surface area contributed by atoms with Crippen LogP contribution in [0.2, 0.25) is 8.67 Å². The van der Waals surface area contributed by atoms with Crippen molar-refractivity contribution < 1.29 is 9.90 Å². The molecule has 1 aromatic carbocycles. The van der Waals surface area contributed by atoms with Crippen molar-refractivity contribution in [2.45, 2.75) is 32.6 Å². The molecule has 2 bridgehead atoms. The first-order valence-electron chi connectivity index (χ1n) is 9.55. The van der Waals surface area contributed by atoms with Gasteiger partial charge in [-0.05, 0) is 66.3 Å². The van der Waals surface area contributed by atoms with Crippen LogP contribution >= 0.6 is 34.5 Å². The van der Waals surface area contributed by atoms with Crippen molar-refractivity contribution in [1.29, 1.82) is 0 Å². The highest BCUT2D eigenvalue weighted by Crippen LogP contribution is 2.60. The van der Waals surface area contributed by atoms with Crippen LogP contribution in [0.4, 0.5) is 0 Å². The summed E-state index contributed by atoms with van der Waals surface area (Å²) in [6, 6.07) is 7.94. The van der Waals surface area contributed by atoms with Gasteiger partial charge in [0.15, 0.2) is 5.78 Å². The lowest BCUT2D eigenvalue weighted by molar-refractivity contribution is -0.118. The summed E-state index contributed by atoms with van der Waals surface area (Å²) in [7, 11) is 0. The highest BCUT2D eigenvalue weighted by atomic mass is 35.5. The number of ketones is 1. The summed E-state index contributed by atoms with van der Waals surface area (Å²) >= 11 is 13.8. The van der Waals surface area contributed by atoms with E-state index in [0.717, 1.165) is 47.9 Å². The molecule has 5 rings (SSSR count). The standard InChI is InChI=1S/C22H20Cl2O2S/c1-2-10-3-4-11(15-9-16(23)27-22(15)24)8-14(10)19-20(25)17-12-5-6-13(7-12)18(17)21(19)26/h3-4,8-9,12-13,17-18,25H,2,5-7H2,1H3/t12-,13+,17-,18+/m0/s1. The smallest absolute Gasteiger partial charge is 0.170 e. The van der Waals surface area contributed by atoms with Gasteiger partial charge in [-0.25, -0.2) is 0 Å². The third kappa shape index (κ3) is 2.55. The fourth-order valence-corrected chi connectivity index (χ4v) is 7.12. The minimum atomic E-state index is -0.00806. The van der Waals surface area contributed by atoms with Crippen LogP contribution in [0.3, 0.4) is 0 Å². The Hall–Kier alpha value is -1.29. The van der Waals surface area contributed by atoms with E-state index in [-0.39, 0.29) is 17.6 Å². The van der Waals surface area contributed by atoms with Crippen molar-refractivity contribution in [2.24, 2.45) is 23.7 Å². The van der Waals surface area contributed by atoms with Gasteiger partial charge >= 0.3 is 0 Å². The van der Waals surface area contributed by atoms with Crippen LogP contribution < -0.4 is 0 Å². The molecule has 1 heterocycles. The molecule has 2 nitrogen and oxygen atoms in total. The van der Waals surface area contributed by atoms with Gasteiger partial charge < -0.3 is 5.11 Å². The minimum absolute atomic E-state index is 0.00806. The van der Waals surface area contributed by atoms with Crippen LogP contribution in [-0.4, -0.2) is 10.9 Å². The van der Waals surface area contributed by atoms with Gasteiger partial charge in [-0.3, -0.25) is 4.79 Å². The Morgan fingerprint density at radius 1 is 1.11 bits per heavy atom. The lowest BCUT2D eigenvalue weighted by atomic mass is 9.80. The third-order valence-corrected chi connectivity index (χ3v) is 8.25. The molecule has 0 amide bonds. The molecule has 0 aliphatic heterocycles. The monoisotopic (exact) mass is 418 g/mol. The first kappa shape index (κ1) is 17.8. The number of thiophene rings is 1. The zero-order valence-electron chi connectivity index (χ0n) is 15.0. The molecule has 2 fully saturated rings. The number of Topliss-reactive ketones (excluding diaryl/α,β-unsaturated/α-hetero) is 1. The van der Waals surface area contributed by atoms with Crippen molar-refractivity contribution >= 4 is 45.9 Å². The van der Waals surface area contributed by atoms with Crippen molar-refractivity contribution in [3.63, 3.8) is 0 Å². The van der Waals surface area contributed by atoms with Gasteiger partial charge in [-0.2, -0.15) is 0 Å². The average Bonchev–Trinajstić information content (AvgIpc) is 3.39. The van der Waals surface area contributed by atoms with Crippen molar-refractivity contribution in [3.05, 3.63) is 49.8 Å². The van der Waals surface area contributed by atoms with E-state index in [4.69, 9.17) is 23.2 Å². The summed E-state index contributed by atoms with van der Waals surface area (Å²) in [6.45, 7) is 2.08. The maximum atomic E-state index is 13.3. The van der Waals surface area contributed by atoms with Crippen LogP contribution in [0.1, 0.15) is 37.3 Å². The first-order chi connectivity index (χ1) is 13.0. The van der Waals surface area contributed by atoms with E-state index in [0.29, 0.717) is 31.8 Å². The number of benzene rings is 1. The van der Waals surface area contributed by atoms with E-state index < -0.39 is 0 Å². The second-order valence-electron chi connectivity index (χ2n) is 7.97. The van der Waals surface area contributed by atoms with Gasteiger partial charge in [-0.15, -0.1) is 11.3 Å². The average molecular weight is 419 g/mol. The van der Waals surface area contributed by atoms with Crippen molar-refractivity contribution in [2.75, 3.05) is 0 Å². The maximum Gasteiger partial charge on any atom is 0.170 e. The fourth-order valence-electron chi connectivity index (χ4n) is 5.61. The van der Waals surface area contributed by atoms with Crippen molar-refractivity contribution in [3.8, 4) is 11.1 Å². The Labute approximate surface area is 172 Å². The van der Waals surface area contributed by atoms with Gasteiger partial charge in [0.05, 0.1) is 9.91 Å². The zero-order valence-corrected chi connectivity index (χ0v) is 17.3. The topological polar surface area (TPSA) is 37.3 Å². The summed E-state index contributed by atoms with van der Waals surface area (Å²) in [5.74, 6) is 1.43. The van der Waals surface area contributed by atoms with E-state index in [1.54, 1.807) is 0 Å². The lowest BCUT2D eigenvalue weighted by Crippen LogP contribution is -2.24. The second kappa shape index (κ2) is 6.37. The fraction of sp³-hybridized carbons (Fsp3) is 0.409. The highest BCUT2D eigenvalue weighted by molar-refractivity contribution is 7.20. The number of carbonyl (C=O) groups excluding carboxylic acids is 1. The molecule has 0 spiro atoms. The predicted molar refractivity (Wildman–Crippen MR) is 112 cm³/mol. The Kier molecular flexibility index (Phi) is 4.19. The summed E-state index contributed by atoms with van der Waals surface area (Å²) in [5.41, 5.74) is 4.31. The number of aliphatic hydroxyl groups excluding tert-OH is 1. The van der Waals surface area contributed by atoms with E-state index in [9.17, 15) is 9.90 Å². The number of hydrogen-bond donors (Lipinski definition) is 1. The number of hydrogen-bond acceptors (Lipinski definition) is 3. The summed E-state index contributed by atoms with van der Waals surface area (Å²) in [6.07, 6.45) is 4.17. The molecular formula is C22H20Cl2O2S. The Balaban J connectivity index is 1.65. The molecule has 0 saturated heterocycles. The molecule has 1 N–H and O–H groups in total. The second-order valence-corrected chi connectivity index (χ2v) is 10.3. The minimum Gasteiger partial charge on any atom is -0.511 e. The number of allylic oxidation sites excluding steroid dienone is 2. The first-order valence-corrected chi connectivity index (χ1v) is 11.1. The van der Waals surface area contributed by atoms with Gasteiger partial charge in [-0.1, -0.05) is 42.3 Å². The number of fused-ring (bicyclic) bond motifs is 5. The number of rotatable bonds is 3. The quantitative estimate of drug-likeness (QED) is 0.594. The maximum absolute atomic E-state index is 13.3. The largest absolute Gasteiger partial charge is 0.511 e. The molecule has 2 saturated carbocycles.